The predicted octanol–water partition coefficient (Wildman–Crippen LogP) is 2.70. The fraction of sp³-hybridized carbons (Fsp3) is 0.429. The maximum Gasteiger partial charge on any atom is 0.205 e. The largest absolute Gasteiger partial charge is 0.493 e. The molecule has 0 radical (unpaired) electrons. The van der Waals surface area contributed by atoms with Crippen LogP contribution in [0.1, 0.15) is 28.2 Å². The maximum absolute atomic E-state index is 12.9. The second kappa shape index (κ2) is 9.53. The van der Waals surface area contributed by atoms with E-state index in [1.807, 2.05) is 26.0 Å². The molecule has 0 bridgehead atoms. The SMILES string of the molecule is COCCCn1c(C)cc(C(=O)Cn2nnc(-c3ccc(OC)c(OC)c3)n2)c1C. The molecule has 2 aromatic heterocycles. The minimum absolute atomic E-state index is 0.0165. The summed E-state index contributed by atoms with van der Waals surface area (Å²) in [4.78, 5) is 14.2. The van der Waals surface area contributed by atoms with Crippen LogP contribution in [0.3, 0.4) is 0 Å². The van der Waals surface area contributed by atoms with Gasteiger partial charge in [0, 0.05) is 42.8 Å². The van der Waals surface area contributed by atoms with Crippen molar-refractivity contribution in [2.75, 3.05) is 27.9 Å². The number of hydrogen-bond donors (Lipinski definition) is 0. The Labute approximate surface area is 175 Å². The van der Waals surface area contributed by atoms with Gasteiger partial charge < -0.3 is 18.8 Å². The van der Waals surface area contributed by atoms with Crippen LogP contribution in [0.15, 0.2) is 24.3 Å². The average molecular weight is 413 g/mol. The van der Waals surface area contributed by atoms with Crippen LogP contribution in [-0.4, -0.2) is 58.5 Å². The van der Waals surface area contributed by atoms with E-state index < -0.39 is 0 Å². The van der Waals surface area contributed by atoms with E-state index in [9.17, 15) is 4.79 Å². The molecular formula is C21H27N5O4. The number of carbonyl (C=O) groups is 1. The molecule has 160 valence electrons. The Balaban J connectivity index is 1.75. The zero-order chi connectivity index (χ0) is 21.7. The number of ether oxygens (including phenoxy) is 3. The molecule has 0 saturated heterocycles. The van der Waals surface area contributed by atoms with Crippen LogP contribution in [0.2, 0.25) is 0 Å². The molecule has 9 heteroatoms. The number of rotatable bonds is 10. The van der Waals surface area contributed by atoms with E-state index in [2.05, 4.69) is 20.0 Å². The predicted molar refractivity (Wildman–Crippen MR) is 111 cm³/mol. The van der Waals surface area contributed by atoms with Gasteiger partial charge in [0.1, 0.15) is 6.54 Å². The summed E-state index contributed by atoms with van der Waals surface area (Å²) in [7, 11) is 4.83. The van der Waals surface area contributed by atoms with Crippen LogP contribution in [-0.2, 0) is 17.8 Å². The van der Waals surface area contributed by atoms with Crippen molar-refractivity contribution in [3.05, 3.63) is 41.2 Å². The number of tetrazole rings is 1. The van der Waals surface area contributed by atoms with E-state index in [1.54, 1.807) is 33.5 Å². The number of benzene rings is 1. The number of hydrogen-bond acceptors (Lipinski definition) is 7. The summed E-state index contributed by atoms with van der Waals surface area (Å²) in [6.07, 6.45) is 0.889. The van der Waals surface area contributed by atoms with Gasteiger partial charge in [-0.05, 0) is 49.7 Å². The van der Waals surface area contributed by atoms with Gasteiger partial charge in [0.25, 0.3) is 0 Å². The monoisotopic (exact) mass is 413 g/mol. The van der Waals surface area contributed by atoms with Crippen LogP contribution in [0, 0.1) is 13.8 Å². The second-order valence-corrected chi connectivity index (χ2v) is 6.92. The molecule has 9 nitrogen and oxygen atoms in total. The Hall–Kier alpha value is -3.20. The molecule has 0 aliphatic heterocycles. The second-order valence-electron chi connectivity index (χ2n) is 6.92. The lowest BCUT2D eigenvalue weighted by Crippen LogP contribution is -2.14. The third kappa shape index (κ3) is 4.51. The number of Topliss-reactive ketones (excluding diaryl/α,β-unsaturated/α-hetero) is 1. The van der Waals surface area contributed by atoms with E-state index in [4.69, 9.17) is 14.2 Å². The van der Waals surface area contributed by atoms with Crippen LogP contribution in [0.5, 0.6) is 11.5 Å². The first kappa shape index (κ1) is 21.5. The topological polar surface area (TPSA) is 93.3 Å². The van der Waals surface area contributed by atoms with Crippen molar-refractivity contribution in [2.45, 2.75) is 33.4 Å². The van der Waals surface area contributed by atoms with E-state index in [-0.39, 0.29) is 12.3 Å². The number of aryl methyl sites for hydroxylation is 1. The summed E-state index contributed by atoms with van der Waals surface area (Å²) in [5, 5.41) is 12.5. The number of aromatic nitrogens is 5. The lowest BCUT2D eigenvalue weighted by molar-refractivity contribution is 0.0960. The minimum Gasteiger partial charge on any atom is -0.493 e. The summed E-state index contributed by atoms with van der Waals surface area (Å²) in [6, 6.07) is 7.28. The van der Waals surface area contributed by atoms with Crippen LogP contribution < -0.4 is 9.47 Å². The standard InChI is InChI=1S/C21H27N5O4/c1-14-11-17(15(2)25(14)9-6-10-28-3)18(27)13-26-23-21(22-24-26)16-7-8-19(29-4)20(12-16)30-5/h7-8,11-12H,6,9-10,13H2,1-5H3. The van der Waals surface area contributed by atoms with Gasteiger partial charge in [0.05, 0.1) is 14.2 Å². The average Bonchev–Trinajstić information content (AvgIpc) is 3.32. The minimum atomic E-state index is -0.0580. The molecule has 0 fully saturated rings. The number of carbonyl (C=O) groups excluding carboxylic acids is 1. The fourth-order valence-corrected chi connectivity index (χ4v) is 3.41. The highest BCUT2D eigenvalue weighted by atomic mass is 16.5. The highest BCUT2D eigenvalue weighted by molar-refractivity contribution is 5.97. The first-order chi connectivity index (χ1) is 14.5. The van der Waals surface area contributed by atoms with Gasteiger partial charge in [0.2, 0.25) is 5.82 Å². The van der Waals surface area contributed by atoms with E-state index in [0.717, 1.165) is 29.9 Å². The molecule has 3 rings (SSSR count). The van der Waals surface area contributed by atoms with Gasteiger partial charge in [-0.2, -0.15) is 4.80 Å². The highest BCUT2D eigenvalue weighted by Gasteiger charge is 2.18. The highest BCUT2D eigenvalue weighted by Crippen LogP contribution is 2.30. The van der Waals surface area contributed by atoms with Crippen molar-refractivity contribution in [1.29, 1.82) is 0 Å². The Morgan fingerprint density at radius 3 is 2.53 bits per heavy atom. The van der Waals surface area contributed by atoms with E-state index in [0.29, 0.717) is 29.5 Å². The zero-order valence-corrected chi connectivity index (χ0v) is 18.0. The lowest BCUT2D eigenvalue weighted by atomic mass is 10.1. The van der Waals surface area contributed by atoms with Crippen molar-refractivity contribution < 1.29 is 19.0 Å². The maximum atomic E-state index is 12.9. The van der Waals surface area contributed by atoms with E-state index in [1.165, 1.54) is 4.80 Å². The summed E-state index contributed by atoms with van der Waals surface area (Å²) >= 11 is 0. The van der Waals surface area contributed by atoms with Gasteiger partial charge in [-0.25, -0.2) is 0 Å². The Kier molecular flexibility index (Phi) is 6.83. The quantitative estimate of drug-likeness (QED) is 0.373. The molecular weight excluding hydrogens is 386 g/mol. The molecule has 0 aliphatic carbocycles. The van der Waals surface area contributed by atoms with Gasteiger partial charge >= 0.3 is 0 Å². The lowest BCUT2D eigenvalue weighted by Gasteiger charge is -2.09. The first-order valence-electron chi connectivity index (χ1n) is 9.67. The normalized spacial score (nSPS) is 11.0. The van der Waals surface area contributed by atoms with Crippen LogP contribution in [0.4, 0.5) is 0 Å². The van der Waals surface area contributed by atoms with Gasteiger partial charge in [0.15, 0.2) is 17.3 Å². The van der Waals surface area contributed by atoms with Gasteiger partial charge in [-0.3, -0.25) is 4.79 Å². The van der Waals surface area contributed by atoms with Gasteiger partial charge in [-0.15, -0.1) is 10.2 Å². The molecule has 0 atom stereocenters. The Morgan fingerprint density at radius 1 is 1.07 bits per heavy atom. The molecule has 3 aromatic rings. The zero-order valence-electron chi connectivity index (χ0n) is 18.0. The molecule has 1 aromatic carbocycles. The Morgan fingerprint density at radius 2 is 1.83 bits per heavy atom. The molecule has 0 spiro atoms. The molecule has 0 aliphatic rings. The molecule has 30 heavy (non-hydrogen) atoms. The summed E-state index contributed by atoms with van der Waals surface area (Å²) in [5.41, 5.74) is 3.39. The number of methoxy groups -OCH3 is 3. The third-order valence-electron chi connectivity index (χ3n) is 4.98. The van der Waals surface area contributed by atoms with Crippen LogP contribution in [0.25, 0.3) is 11.4 Å². The first-order valence-corrected chi connectivity index (χ1v) is 9.67. The third-order valence-corrected chi connectivity index (χ3v) is 4.98. The van der Waals surface area contributed by atoms with E-state index >= 15 is 0 Å². The fourth-order valence-electron chi connectivity index (χ4n) is 3.41. The van der Waals surface area contributed by atoms with Crippen molar-refractivity contribution in [3.63, 3.8) is 0 Å². The molecule has 0 unspecified atom stereocenters. The van der Waals surface area contributed by atoms with Crippen molar-refractivity contribution in [1.82, 2.24) is 24.8 Å². The van der Waals surface area contributed by atoms with Crippen molar-refractivity contribution in [2.24, 2.45) is 0 Å². The summed E-state index contributed by atoms with van der Waals surface area (Å²) in [5.74, 6) is 1.54. The number of ketones is 1. The summed E-state index contributed by atoms with van der Waals surface area (Å²) in [6.45, 7) is 5.46. The number of nitrogens with zero attached hydrogens (tertiary/aromatic N) is 5. The smallest absolute Gasteiger partial charge is 0.205 e. The molecule has 0 saturated carbocycles. The molecule has 2 heterocycles. The van der Waals surface area contributed by atoms with Gasteiger partial charge in [-0.1, -0.05) is 0 Å². The van der Waals surface area contributed by atoms with Crippen molar-refractivity contribution in [3.8, 4) is 22.9 Å². The van der Waals surface area contributed by atoms with Crippen molar-refractivity contribution >= 4 is 5.78 Å². The molecule has 0 N–H and O–H groups in total. The summed E-state index contributed by atoms with van der Waals surface area (Å²) < 4.78 is 17.8. The Bertz CT molecular complexity index is 1020. The molecule has 0 amide bonds. The van der Waals surface area contributed by atoms with Crippen LogP contribution >= 0.6 is 0 Å².